The highest BCUT2D eigenvalue weighted by Crippen LogP contribution is 2.32. The molecule has 1 unspecified atom stereocenters. The van der Waals surface area contributed by atoms with Gasteiger partial charge in [0.2, 0.25) is 0 Å². The molecule has 2 heterocycles. The van der Waals surface area contributed by atoms with Gasteiger partial charge in [0.1, 0.15) is 11.4 Å². The zero-order valence-electron chi connectivity index (χ0n) is 16.3. The first kappa shape index (κ1) is 21.3. The van der Waals surface area contributed by atoms with E-state index in [4.69, 9.17) is 0 Å². The number of rotatable bonds is 3. The van der Waals surface area contributed by atoms with Crippen molar-refractivity contribution in [1.82, 2.24) is 9.29 Å². The highest BCUT2D eigenvalue weighted by atomic mass is 32.2. The molecule has 1 fully saturated rings. The molecule has 0 bridgehead atoms. The Kier molecular flexibility index (Phi) is 7.33. The summed E-state index contributed by atoms with van der Waals surface area (Å²) in [5, 5.41) is 10.9. The average molecular weight is 393 g/mol. The average Bonchev–Trinajstić information content (AvgIpc) is 2.60. The Morgan fingerprint density at radius 3 is 2.63 bits per heavy atom. The van der Waals surface area contributed by atoms with Gasteiger partial charge in [0.25, 0.3) is 12.0 Å². The number of benzene rings is 1. The molecule has 1 aliphatic heterocycles. The molecule has 27 heavy (non-hydrogen) atoms. The maximum Gasteiger partial charge on any atom is 0.293 e. The monoisotopic (exact) mass is 392 g/mol. The first-order valence-electron chi connectivity index (χ1n) is 9.12. The van der Waals surface area contributed by atoms with Crippen molar-refractivity contribution in [1.29, 1.82) is 0 Å². The predicted molar refractivity (Wildman–Crippen MR) is 109 cm³/mol. The van der Waals surface area contributed by atoms with Crippen LogP contribution in [0.3, 0.4) is 0 Å². The molecule has 2 aromatic rings. The topological polar surface area (TPSA) is 82.6 Å². The van der Waals surface area contributed by atoms with E-state index in [0.717, 1.165) is 11.4 Å². The molecule has 1 aromatic heterocycles. The van der Waals surface area contributed by atoms with Crippen molar-refractivity contribution < 1.29 is 14.6 Å². The van der Waals surface area contributed by atoms with Crippen LogP contribution in [-0.4, -0.2) is 39.1 Å². The lowest BCUT2D eigenvalue weighted by molar-refractivity contribution is -0.138. The third-order valence-electron chi connectivity index (χ3n) is 4.22. The minimum Gasteiger partial charge on any atom is -0.506 e. The number of nitrogens with zero attached hydrogens (tertiary/aromatic N) is 1. The van der Waals surface area contributed by atoms with Crippen LogP contribution in [0.5, 0.6) is 5.75 Å². The van der Waals surface area contributed by atoms with E-state index < -0.39 is 0 Å². The van der Waals surface area contributed by atoms with Gasteiger partial charge in [-0.1, -0.05) is 6.42 Å². The Bertz CT molecular complexity index is 829. The Morgan fingerprint density at radius 1 is 1.30 bits per heavy atom. The van der Waals surface area contributed by atoms with Crippen LogP contribution in [0.15, 0.2) is 34.1 Å². The summed E-state index contributed by atoms with van der Waals surface area (Å²) in [5.41, 5.74) is -0.478. The number of aromatic hydroxyl groups is 1. The Hall–Kier alpha value is -1.99. The molecule has 0 radical (unpaired) electrons. The van der Waals surface area contributed by atoms with Crippen LogP contribution in [-0.2, 0) is 9.53 Å². The molecule has 0 saturated carbocycles. The Morgan fingerprint density at radius 2 is 2.04 bits per heavy atom. The van der Waals surface area contributed by atoms with Crippen LogP contribution in [0, 0.1) is 0 Å². The SMILES string of the molecule is CC(C)(C)OC=O.CC1CCCCN1Sc1ccc2c(O)c[nH]c(=O)c2c1. The molecule has 1 atom stereocenters. The van der Waals surface area contributed by atoms with Crippen LogP contribution in [0.1, 0.15) is 47.0 Å². The molecule has 1 aromatic carbocycles. The summed E-state index contributed by atoms with van der Waals surface area (Å²) in [5.74, 6) is 0.113. The van der Waals surface area contributed by atoms with Crippen LogP contribution >= 0.6 is 11.9 Å². The van der Waals surface area contributed by atoms with Crippen molar-refractivity contribution in [3.8, 4) is 5.75 Å². The number of aromatic amines is 1. The molecule has 0 spiro atoms. The van der Waals surface area contributed by atoms with Crippen LogP contribution in [0.25, 0.3) is 10.8 Å². The van der Waals surface area contributed by atoms with Gasteiger partial charge >= 0.3 is 0 Å². The van der Waals surface area contributed by atoms with Crippen molar-refractivity contribution in [2.75, 3.05) is 6.54 Å². The van der Waals surface area contributed by atoms with Crippen molar-refractivity contribution in [3.05, 3.63) is 34.7 Å². The second-order valence-electron chi connectivity index (χ2n) is 7.61. The molecule has 3 rings (SSSR count). The predicted octanol–water partition coefficient (Wildman–Crippen LogP) is 4.07. The van der Waals surface area contributed by atoms with Crippen molar-refractivity contribution in [2.45, 2.75) is 63.5 Å². The lowest BCUT2D eigenvalue weighted by Gasteiger charge is -2.31. The molecular weight excluding hydrogens is 364 g/mol. The van der Waals surface area contributed by atoms with E-state index in [1.807, 2.05) is 39.0 Å². The smallest absolute Gasteiger partial charge is 0.293 e. The molecule has 2 N–H and O–H groups in total. The summed E-state index contributed by atoms with van der Waals surface area (Å²) < 4.78 is 6.93. The molecule has 6 nitrogen and oxygen atoms in total. The fraction of sp³-hybridized carbons (Fsp3) is 0.500. The van der Waals surface area contributed by atoms with Crippen molar-refractivity contribution >= 4 is 29.2 Å². The maximum atomic E-state index is 11.9. The number of hydrogen-bond acceptors (Lipinski definition) is 6. The third-order valence-corrected chi connectivity index (χ3v) is 5.46. The largest absolute Gasteiger partial charge is 0.506 e. The van der Waals surface area contributed by atoms with Gasteiger partial charge in [-0.05, 0) is 70.7 Å². The zero-order valence-corrected chi connectivity index (χ0v) is 17.1. The lowest BCUT2D eigenvalue weighted by atomic mass is 10.1. The molecule has 148 valence electrons. The number of fused-ring (bicyclic) bond motifs is 1. The number of H-pyrrole nitrogens is 1. The van der Waals surface area contributed by atoms with E-state index in [0.29, 0.717) is 23.3 Å². The fourth-order valence-electron chi connectivity index (χ4n) is 2.77. The number of nitrogens with one attached hydrogen (secondary N) is 1. The van der Waals surface area contributed by atoms with Crippen molar-refractivity contribution in [2.24, 2.45) is 0 Å². The minimum absolute atomic E-state index is 0.113. The highest BCUT2D eigenvalue weighted by molar-refractivity contribution is 7.97. The molecule has 7 heteroatoms. The number of ether oxygens (including phenoxy) is 1. The van der Waals surface area contributed by atoms with E-state index in [1.54, 1.807) is 11.9 Å². The molecule has 0 amide bonds. The van der Waals surface area contributed by atoms with Gasteiger partial charge < -0.3 is 14.8 Å². The highest BCUT2D eigenvalue weighted by Gasteiger charge is 2.19. The van der Waals surface area contributed by atoms with E-state index in [9.17, 15) is 14.7 Å². The van der Waals surface area contributed by atoms with Gasteiger partial charge in [-0.2, -0.15) is 0 Å². The molecule has 0 aliphatic carbocycles. The fourth-order valence-corrected chi connectivity index (χ4v) is 3.84. The quantitative estimate of drug-likeness (QED) is 0.605. The number of carbonyl (C=O) groups is 1. The summed E-state index contributed by atoms with van der Waals surface area (Å²) >= 11 is 1.70. The molecular formula is C20H28N2O4S. The zero-order chi connectivity index (χ0) is 20.0. The summed E-state index contributed by atoms with van der Waals surface area (Å²) in [4.78, 5) is 25.0. The number of carbonyl (C=O) groups excluding carboxylic acids is 1. The van der Waals surface area contributed by atoms with Crippen molar-refractivity contribution in [3.63, 3.8) is 0 Å². The van der Waals surface area contributed by atoms with Gasteiger partial charge in [-0.15, -0.1) is 0 Å². The van der Waals surface area contributed by atoms with E-state index in [1.165, 1.54) is 25.5 Å². The lowest BCUT2D eigenvalue weighted by Crippen LogP contribution is -2.31. The first-order valence-corrected chi connectivity index (χ1v) is 9.89. The normalized spacial score (nSPS) is 17.9. The van der Waals surface area contributed by atoms with Gasteiger partial charge in [0.15, 0.2) is 0 Å². The second kappa shape index (κ2) is 9.28. The summed E-state index contributed by atoms with van der Waals surface area (Å²) in [6, 6.07) is 6.21. The Labute approximate surface area is 164 Å². The number of hydrogen-bond donors (Lipinski definition) is 2. The summed E-state index contributed by atoms with van der Waals surface area (Å²) in [6.45, 7) is 9.25. The van der Waals surface area contributed by atoms with Crippen LogP contribution in [0.2, 0.25) is 0 Å². The van der Waals surface area contributed by atoms with E-state index >= 15 is 0 Å². The summed E-state index contributed by atoms with van der Waals surface area (Å²) in [6.07, 6.45) is 5.09. The minimum atomic E-state index is -0.318. The Balaban J connectivity index is 0.000000321. The van der Waals surface area contributed by atoms with Crippen LogP contribution in [0.4, 0.5) is 0 Å². The van der Waals surface area contributed by atoms with Gasteiger partial charge in [-0.25, -0.2) is 4.31 Å². The van der Waals surface area contributed by atoms with Gasteiger partial charge in [0.05, 0.1) is 5.39 Å². The number of piperidine rings is 1. The molecule has 1 aliphatic rings. The maximum absolute atomic E-state index is 11.9. The third kappa shape index (κ3) is 6.29. The van der Waals surface area contributed by atoms with Gasteiger partial charge in [0, 0.05) is 29.1 Å². The van der Waals surface area contributed by atoms with E-state index in [-0.39, 0.29) is 16.9 Å². The molecule has 1 saturated heterocycles. The van der Waals surface area contributed by atoms with Crippen LogP contribution < -0.4 is 5.56 Å². The first-order chi connectivity index (χ1) is 12.7. The summed E-state index contributed by atoms with van der Waals surface area (Å²) in [7, 11) is 0. The standard InChI is InChI=1S/C15H18N2O2S.C5H10O2/c1-10-4-2-3-7-17(10)20-11-5-6-12-13(8-11)15(19)16-9-14(12)18;1-5(2,3)7-4-6/h5-6,8-10,18H,2-4,7H2,1H3,(H,16,19);4H,1-3H3. The number of aromatic nitrogens is 1. The van der Waals surface area contributed by atoms with E-state index in [2.05, 4.69) is 20.9 Å². The number of pyridine rings is 1. The van der Waals surface area contributed by atoms with Gasteiger partial charge in [-0.3, -0.25) is 9.59 Å². The second-order valence-corrected chi connectivity index (χ2v) is 8.74.